The summed E-state index contributed by atoms with van der Waals surface area (Å²) in [6.07, 6.45) is 2.80. The Kier molecular flexibility index (Phi) is 4.91. The van der Waals surface area contributed by atoms with E-state index in [4.69, 9.17) is 4.52 Å². The number of amides is 1. The molecule has 1 saturated heterocycles. The van der Waals surface area contributed by atoms with Crippen molar-refractivity contribution < 1.29 is 17.7 Å². The van der Waals surface area contributed by atoms with Gasteiger partial charge < -0.3 is 4.52 Å². The molecule has 0 saturated carbocycles. The molecule has 25 heavy (non-hydrogen) atoms. The summed E-state index contributed by atoms with van der Waals surface area (Å²) >= 11 is 0. The Balaban J connectivity index is 1.76. The molecule has 0 spiro atoms. The molecule has 1 fully saturated rings. The number of hydrogen-bond donors (Lipinski definition) is 1. The van der Waals surface area contributed by atoms with E-state index in [1.54, 1.807) is 17.3 Å². The highest BCUT2D eigenvalue weighted by Crippen LogP contribution is 2.25. The van der Waals surface area contributed by atoms with Gasteiger partial charge in [0, 0.05) is 24.2 Å². The first kappa shape index (κ1) is 17.6. The van der Waals surface area contributed by atoms with Crippen LogP contribution in [0, 0.1) is 6.92 Å². The molecule has 1 aliphatic heterocycles. The number of anilines is 1. The van der Waals surface area contributed by atoms with Crippen LogP contribution in [-0.4, -0.2) is 36.4 Å². The van der Waals surface area contributed by atoms with Crippen molar-refractivity contribution in [2.75, 3.05) is 11.9 Å². The van der Waals surface area contributed by atoms with Crippen LogP contribution in [0.25, 0.3) is 0 Å². The summed E-state index contributed by atoms with van der Waals surface area (Å²) in [7, 11) is -3.54. The van der Waals surface area contributed by atoms with E-state index in [1.807, 2.05) is 6.92 Å². The van der Waals surface area contributed by atoms with Gasteiger partial charge in [0.05, 0.1) is 10.6 Å². The molecular weight excluding hydrogens is 342 g/mol. The molecule has 0 radical (unpaired) electrons. The van der Waals surface area contributed by atoms with Crippen LogP contribution in [0.2, 0.25) is 0 Å². The lowest BCUT2D eigenvalue weighted by Gasteiger charge is -2.32. The van der Waals surface area contributed by atoms with E-state index >= 15 is 0 Å². The summed E-state index contributed by atoms with van der Waals surface area (Å²) in [5.74, 6) is -0.132. The number of carbonyl (C=O) groups excluding carboxylic acids is 1. The molecule has 1 aliphatic rings. The molecular formula is C17H21N3O4S. The maximum absolute atomic E-state index is 12.8. The molecule has 2 aromatic rings. The third-order valence-corrected chi connectivity index (χ3v) is 6.36. The average Bonchev–Trinajstić information content (AvgIpc) is 3.00. The van der Waals surface area contributed by atoms with E-state index in [0.29, 0.717) is 17.8 Å². The lowest BCUT2D eigenvalue weighted by molar-refractivity contribution is 0.102. The number of nitrogens with zero attached hydrogens (tertiary/aromatic N) is 2. The number of aromatic nitrogens is 1. The summed E-state index contributed by atoms with van der Waals surface area (Å²) in [6.45, 7) is 4.22. The molecule has 1 aromatic carbocycles. The molecule has 1 aromatic heterocycles. The smallest absolute Gasteiger partial charge is 0.258 e. The lowest BCUT2D eigenvalue weighted by atomic mass is 10.1. The first-order valence-corrected chi connectivity index (χ1v) is 9.68. The molecule has 0 aliphatic carbocycles. The van der Waals surface area contributed by atoms with Crippen molar-refractivity contribution in [3.8, 4) is 0 Å². The number of benzene rings is 1. The average molecular weight is 363 g/mol. The molecule has 1 N–H and O–H groups in total. The van der Waals surface area contributed by atoms with Gasteiger partial charge in [0.25, 0.3) is 5.91 Å². The third-order valence-electron chi connectivity index (χ3n) is 4.33. The fourth-order valence-electron chi connectivity index (χ4n) is 2.95. The van der Waals surface area contributed by atoms with Gasteiger partial charge in [-0.05, 0) is 51.0 Å². The number of piperidine rings is 1. The van der Waals surface area contributed by atoms with Crippen LogP contribution in [0.3, 0.4) is 0 Å². The van der Waals surface area contributed by atoms with Crippen molar-refractivity contribution in [2.24, 2.45) is 0 Å². The molecule has 1 atom stereocenters. The Morgan fingerprint density at radius 2 is 2.00 bits per heavy atom. The zero-order valence-corrected chi connectivity index (χ0v) is 15.0. The monoisotopic (exact) mass is 363 g/mol. The Bertz CT molecular complexity index is 858. The number of aryl methyl sites for hydroxylation is 1. The van der Waals surface area contributed by atoms with Gasteiger partial charge in [-0.25, -0.2) is 8.42 Å². The second-order valence-electron chi connectivity index (χ2n) is 6.27. The molecule has 1 amide bonds. The predicted octanol–water partition coefficient (Wildman–Crippen LogP) is 2.80. The third kappa shape index (κ3) is 3.74. The zero-order chi connectivity index (χ0) is 18.0. The van der Waals surface area contributed by atoms with Crippen LogP contribution >= 0.6 is 0 Å². The van der Waals surface area contributed by atoms with Crippen LogP contribution in [0.15, 0.2) is 39.8 Å². The quantitative estimate of drug-likeness (QED) is 0.902. The maximum atomic E-state index is 12.8. The standard InChI is InChI=1S/C17H21N3O4S/c1-12-11-16(24-19-12)18-17(21)14-6-8-15(9-7-14)25(22,23)20-10-4-3-5-13(20)2/h6-9,11,13H,3-5,10H2,1-2H3,(H,18,21). The van der Waals surface area contributed by atoms with Crippen molar-refractivity contribution in [1.82, 2.24) is 9.46 Å². The fraction of sp³-hybridized carbons (Fsp3) is 0.412. The van der Waals surface area contributed by atoms with Gasteiger partial charge in [0.1, 0.15) is 0 Å². The summed E-state index contributed by atoms with van der Waals surface area (Å²) in [5.41, 5.74) is 1.01. The second-order valence-corrected chi connectivity index (χ2v) is 8.16. The molecule has 8 heteroatoms. The zero-order valence-electron chi connectivity index (χ0n) is 14.2. The van der Waals surface area contributed by atoms with Gasteiger partial charge in [-0.15, -0.1) is 0 Å². The lowest BCUT2D eigenvalue weighted by Crippen LogP contribution is -2.41. The minimum Gasteiger partial charge on any atom is -0.338 e. The van der Waals surface area contributed by atoms with Crippen molar-refractivity contribution in [2.45, 2.75) is 44.0 Å². The van der Waals surface area contributed by atoms with Crippen molar-refractivity contribution >= 4 is 21.8 Å². The van der Waals surface area contributed by atoms with Gasteiger partial charge in [-0.3, -0.25) is 10.1 Å². The molecule has 7 nitrogen and oxygen atoms in total. The predicted molar refractivity (Wildman–Crippen MR) is 92.8 cm³/mol. The number of hydrogen-bond acceptors (Lipinski definition) is 5. The highest BCUT2D eigenvalue weighted by atomic mass is 32.2. The molecule has 3 rings (SSSR count). The molecule has 0 bridgehead atoms. The second kappa shape index (κ2) is 6.97. The van der Waals surface area contributed by atoms with Gasteiger partial charge in [-0.2, -0.15) is 4.31 Å². The van der Waals surface area contributed by atoms with E-state index in [-0.39, 0.29) is 22.7 Å². The van der Waals surface area contributed by atoms with Crippen LogP contribution < -0.4 is 5.32 Å². The Morgan fingerprint density at radius 1 is 1.28 bits per heavy atom. The summed E-state index contributed by atoms with van der Waals surface area (Å²) in [5, 5.41) is 6.27. The van der Waals surface area contributed by atoms with E-state index in [0.717, 1.165) is 19.3 Å². The van der Waals surface area contributed by atoms with Crippen LogP contribution in [-0.2, 0) is 10.0 Å². The fourth-order valence-corrected chi connectivity index (χ4v) is 4.65. The number of rotatable bonds is 4. The van der Waals surface area contributed by atoms with E-state index < -0.39 is 10.0 Å². The summed E-state index contributed by atoms with van der Waals surface area (Å²) < 4.78 is 32.0. The minimum absolute atomic E-state index is 0.00332. The Hall–Kier alpha value is -2.19. The van der Waals surface area contributed by atoms with Gasteiger partial charge in [-0.1, -0.05) is 11.6 Å². The van der Waals surface area contributed by atoms with Crippen LogP contribution in [0.1, 0.15) is 42.2 Å². The van der Waals surface area contributed by atoms with E-state index in [1.165, 1.54) is 24.3 Å². The normalized spacial score (nSPS) is 18.9. The topological polar surface area (TPSA) is 92.5 Å². The SMILES string of the molecule is Cc1cc(NC(=O)c2ccc(S(=O)(=O)N3CCCCC3C)cc2)on1. The van der Waals surface area contributed by atoms with E-state index in [9.17, 15) is 13.2 Å². The summed E-state index contributed by atoms with van der Waals surface area (Å²) in [6, 6.07) is 7.54. The van der Waals surface area contributed by atoms with Crippen LogP contribution in [0.5, 0.6) is 0 Å². The summed E-state index contributed by atoms with van der Waals surface area (Å²) in [4.78, 5) is 12.4. The molecule has 1 unspecified atom stereocenters. The Labute approximate surface area is 147 Å². The number of nitrogens with one attached hydrogen (secondary N) is 1. The molecule has 134 valence electrons. The number of carbonyl (C=O) groups is 1. The largest absolute Gasteiger partial charge is 0.338 e. The van der Waals surface area contributed by atoms with Crippen molar-refractivity contribution in [3.63, 3.8) is 0 Å². The van der Waals surface area contributed by atoms with Gasteiger partial charge >= 0.3 is 0 Å². The van der Waals surface area contributed by atoms with E-state index in [2.05, 4.69) is 10.5 Å². The maximum Gasteiger partial charge on any atom is 0.258 e. The highest BCUT2D eigenvalue weighted by molar-refractivity contribution is 7.89. The first-order valence-electron chi connectivity index (χ1n) is 8.24. The van der Waals surface area contributed by atoms with Gasteiger partial charge in [0.15, 0.2) is 0 Å². The van der Waals surface area contributed by atoms with Crippen molar-refractivity contribution in [1.29, 1.82) is 0 Å². The number of sulfonamides is 1. The molecule has 2 heterocycles. The minimum atomic E-state index is -3.54. The first-order chi connectivity index (χ1) is 11.9. The Morgan fingerprint density at radius 3 is 2.60 bits per heavy atom. The van der Waals surface area contributed by atoms with Gasteiger partial charge in [0.2, 0.25) is 15.9 Å². The van der Waals surface area contributed by atoms with Crippen molar-refractivity contribution in [3.05, 3.63) is 41.6 Å². The highest BCUT2D eigenvalue weighted by Gasteiger charge is 2.30. The van der Waals surface area contributed by atoms with Crippen LogP contribution in [0.4, 0.5) is 5.88 Å².